The number of nitro benzene ring substituents is 1. The summed E-state index contributed by atoms with van der Waals surface area (Å²) in [6.45, 7) is -0.612. The molecule has 2 aromatic carbocycles. The van der Waals surface area contributed by atoms with Gasteiger partial charge in [0.2, 0.25) is 0 Å². The third-order valence-electron chi connectivity index (χ3n) is 5.95. The Kier molecular flexibility index (Phi) is 6.22. The van der Waals surface area contributed by atoms with Crippen molar-refractivity contribution in [3.8, 4) is 5.75 Å². The maximum atomic E-state index is 13.5. The largest absolute Gasteiger partial charge is 0.497 e. The van der Waals surface area contributed by atoms with Crippen LogP contribution < -0.4 is 4.74 Å². The number of allylic oxidation sites excluding steroid dienone is 2. The van der Waals surface area contributed by atoms with E-state index in [1.807, 2.05) is 12.2 Å². The first-order valence-electron chi connectivity index (χ1n) is 10.6. The topological polar surface area (TPSA) is 127 Å². The molecule has 1 aliphatic carbocycles. The van der Waals surface area contributed by atoms with E-state index in [9.17, 15) is 29.3 Å². The summed E-state index contributed by atoms with van der Waals surface area (Å²) in [5, 5.41) is 12.7. The lowest BCUT2D eigenvalue weighted by molar-refractivity contribution is -0.384. The second-order valence-electron chi connectivity index (χ2n) is 7.97. The number of ether oxygens (including phenoxy) is 1. The van der Waals surface area contributed by atoms with Gasteiger partial charge in [-0.05, 0) is 31.0 Å². The van der Waals surface area contributed by atoms with Crippen LogP contribution >= 0.6 is 0 Å². The molecule has 0 N–H and O–H groups in total. The van der Waals surface area contributed by atoms with Crippen molar-refractivity contribution in [2.24, 2.45) is 11.8 Å². The normalized spacial score (nSPS) is 19.0. The number of hydrazine groups is 1. The monoisotopic (exact) mass is 463 g/mol. The van der Waals surface area contributed by atoms with Crippen LogP contribution in [0.2, 0.25) is 0 Å². The van der Waals surface area contributed by atoms with Gasteiger partial charge in [-0.25, -0.2) is 5.01 Å². The summed E-state index contributed by atoms with van der Waals surface area (Å²) in [6.07, 6.45) is 4.33. The highest BCUT2D eigenvalue weighted by atomic mass is 16.6. The molecule has 1 fully saturated rings. The van der Waals surface area contributed by atoms with Gasteiger partial charge in [0.1, 0.15) is 12.3 Å². The van der Waals surface area contributed by atoms with Gasteiger partial charge in [-0.2, -0.15) is 5.01 Å². The van der Waals surface area contributed by atoms with E-state index in [1.165, 1.54) is 37.4 Å². The quantitative estimate of drug-likeness (QED) is 0.203. The van der Waals surface area contributed by atoms with Gasteiger partial charge < -0.3 is 4.74 Å². The van der Waals surface area contributed by atoms with Crippen LogP contribution in [0.3, 0.4) is 0 Å². The molecule has 2 atom stereocenters. The van der Waals surface area contributed by atoms with Crippen molar-refractivity contribution in [2.45, 2.75) is 12.8 Å². The average molecular weight is 463 g/mol. The summed E-state index contributed by atoms with van der Waals surface area (Å²) in [5.41, 5.74) is -0.238. The van der Waals surface area contributed by atoms with E-state index >= 15 is 0 Å². The van der Waals surface area contributed by atoms with Gasteiger partial charge in [0.25, 0.3) is 23.4 Å². The zero-order chi connectivity index (χ0) is 24.4. The van der Waals surface area contributed by atoms with Crippen molar-refractivity contribution in [1.82, 2.24) is 10.0 Å². The molecule has 0 bridgehead atoms. The third-order valence-corrected chi connectivity index (χ3v) is 5.95. The van der Waals surface area contributed by atoms with Gasteiger partial charge in [-0.3, -0.25) is 29.3 Å². The van der Waals surface area contributed by atoms with E-state index in [0.29, 0.717) is 18.6 Å². The van der Waals surface area contributed by atoms with Crippen molar-refractivity contribution in [3.63, 3.8) is 0 Å². The van der Waals surface area contributed by atoms with Crippen molar-refractivity contribution in [2.75, 3.05) is 13.7 Å². The third kappa shape index (κ3) is 4.17. The minimum atomic E-state index is -0.867. The molecule has 0 unspecified atom stereocenters. The van der Waals surface area contributed by atoms with E-state index in [0.717, 1.165) is 16.1 Å². The fourth-order valence-corrected chi connectivity index (χ4v) is 4.18. The van der Waals surface area contributed by atoms with Crippen molar-refractivity contribution in [3.05, 3.63) is 81.9 Å². The molecule has 34 heavy (non-hydrogen) atoms. The lowest BCUT2D eigenvalue weighted by Gasteiger charge is -2.30. The van der Waals surface area contributed by atoms with E-state index in [2.05, 4.69) is 0 Å². The molecule has 1 heterocycles. The van der Waals surface area contributed by atoms with Crippen molar-refractivity contribution >= 4 is 29.2 Å². The molecule has 1 aliphatic heterocycles. The van der Waals surface area contributed by atoms with Crippen molar-refractivity contribution in [1.29, 1.82) is 0 Å². The van der Waals surface area contributed by atoms with E-state index in [-0.39, 0.29) is 16.8 Å². The second-order valence-corrected chi connectivity index (χ2v) is 7.97. The molecule has 2 aliphatic rings. The van der Waals surface area contributed by atoms with Gasteiger partial charge in [0, 0.05) is 23.3 Å². The number of carbonyl (C=O) groups excluding carboxylic acids is 4. The van der Waals surface area contributed by atoms with Crippen LogP contribution in [0.4, 0.5) is 5.69 Å². The number of methoxy groups -OCH3 is 1. The number of benzene rings is 2. The number of carbonyl (C=O) groups is 4. The first-order valence-corrected chi connectivity index (χ1v) is 10.6. The molecule has 10 heteroatoms. The van der Waals surface area contributed by atoms with Crippen LogP contribution in [0, 0.1) is 22.0 Å². The van der Waals surface area contributed by atoms with Gasteiger partial charge in [0.05, 0.1) is 23.9 Å². The Morgan fingerprint density at radius 1 is 1.03 bits per heavy atom. The molecule has 0 aromatic heterocycles. The first-order chi connectivity index (χ1) is 16.3. The molecule has 2 aromatic rings. The number of amides is 3. The number of non-ortho nitro benzene ring substituents is 1. The van der Waals surface area contributed by atoms with Crippen LogP contribution in [-0.4, -0.2) is 52.1 Å². The van der Waals surface area contributed by atoms with Crippen LogP contribution in [0.1, 0.15) is 33.6 Å². The summed E-state index contributed by atoms with van der Waals surface area (Å²) >= 11 is 0. The first kappa shape index (κ1) is 22.8. The minimum Gasteiger partial charge on any atom is -0.497 e. The minimum absolute atomic E-state index is 0.124. The molecule has 0 radical (unpaired) electrons. The maximum Gasteiger partial charge on any atom is 0.273 e. The predicted octanol–water partition coefficient (Wildman–Crippen LogP) is 2.79. The molecule has 174 valence electrons. The maximum absolute atomic E-state index is 13.5. The van der Waals surface area contributed by atoms with Crippen molar-refractivity contribution < 1.29 is 28.8 Å². The zero-order valence-corrected chi connectivity index (χ0v) is 18.2. The number of hydrogen-bond donors (Lipinski definition) is 0. The highest BCUT2D eigenvalue weighted by molar-refractivity contribution is 6.09. The molecule has 4 rings (SSSR count). The van der Waals surface area contributed by atoms with Gasteiger partial charge in [-0.1, -0.05) is 30.4 Å². The van der Waals surface area contributed by atoms with E-state index in [4.69, 9.17) is 4.74 Å². The molecule has 0 saturated carbocycles. The Morgan fingerprint density at radius 3 is 2.26 bits per heavy atom. The van der Waals surface area contributed by atoms with Gasteiger partial charge >= 0.3 is 0 Å². The van der Waals surface area contributed by atoms with Crippen LogP contribution in [0.25, 0.3) is 0 Å². The number of nitrogens with zero attached hydrogens (tertiary/aromatic N) is 3. The Hall–Kier alpha value is -4.34. The molecule has 3 amide bonds. The summed E-state index contributed by atoms with van der Waals surface area (Å²) in [6, 6.07) is 11.2. The Balaban J connectivity index is 1.72. The SMILES string of the molecule is COc1cccc(C(=O)CN(C(=O)c2cccc([N+](=O)[O-])c2)N2C(=O)[C@H]3CC=CC[C@@H]3C2=O)c1. The van der Waals surface area contributed by atoms with Crippen LogP contribution in [-0.2, 0) is 9.59 Å². The number of hydrogen-bond acceptors (Lipinski definition) is 7. The Labute approximate surface area is 194 Å². The standard InChI is InChI=1S/C24H21N3O7/c1-34-18-9-5-6-15(13-18)21(28)14-25(22(29)16-7-4-8-17(12-16)27(32)33)26-23(30)19-10-2-3-11-20(19)24(26)31/h2-9,12-13,19-20H,10-11,14H2,1H3/t19-,20-/m0/s1. The van der Waals surface area contributed by atoms with E-state index in [1.54, 1.807) is 12.1 Å². The predicted molar refractivity (Wildman–Crippen MR) is 119 cm³/mol. The lowest BCUT2D eigenvalue weighted by atomic mass is 9.85. The lowest BCUT2D eigenvalue weighted by Crippen LogP contribution is -2.52. The number of ketones is 1. The highest BCUT2D eigenvalue weighted by Crippen LogP contribution is 2.36. The summed E-state index contributed by atoms with van der Waals surface area (Å²) < 4.78 is 5.14. The zero-order valence-electron chi connectivity index (χ0n) is 18.2. The highest BCUT2D eigenvalue weighted by Gasteiger charge is 2.51. The van der Waals surface area contributed by atoms with Crippen LogP contribution in [0.5, 0.6) is 5.75 Å². The van der Waals surface area contributed by atoms with Crippen LogP contribution in [0.15, 0.2) is 60.7 Å². The second kappa shape index (κ2) is 9.26. The fraction of sp³-hybridized carbons (Fsp3) is 0.250. The molecule has 1 saturated heterocycles. The Morgan fingerprint density at radius 2 is 1.65 bits per heavy atom. The number of rotatable bonds is 7. The number of fused-ring (bicyclic) bond motifs is 1. The molecule has 0 spiro atoms. The average Bonchev–Trinajstić information content (AvgIpc) is 3.12. The molecular formula is C24H21N3O7. The summed E-state index contributed by atoms with van der Waals surface area (Å²) in [7, 11) is 1.44. The molecule has 10 nitrogen and oxygen atoms in total. The summed E-state index contributed by atoms with van der Waals surface area (Å²) in [4.78, 5) is 63.4. The molecular weight excluding hydrogens is 442 g/mol. The number of imide groups is 1. The van der Waals surface area contributed by atoms with Gasteiger partial charge in [-0.15, -0.1) is 0 Å². The van der Waals surface area contributed by atoms with Gasteiger partial charge in [0.15, 0.2) is 5.78 Å². The summed E-state index contributed by atoms with van der Waals surface area (Å²) in [5.74, 6) is -3.37. The number of Topliss-reactive ketones (excluding diaryl/α,β-unsaturated/α-hetero) is 1. The number of nitro groups is 1. The fourth-order valence-electron chi connectivity index (χ4n) is 4.18. The Bertz CT molecular complexity index is 1200. The van der Waals surface area contributed by atoms with E-state index < -0.39 is 46.8 Å². The smallest absolute Gasteiger partial charge is 0.273 e.